The number of hydrogen-bond donors (Lipinski definition) is 0. The molecular formula is C16H14Cl2O. The second kappa shape index (κ2) is 6.23. The summed E-state index contributed by atoms with van der Waals surface area (Å²) in [5.41, 5.74) is 3.03. The van der Waals surface area contributed by atoms with E-state index in [-0.39, 0.29) is 5.78 Å². The lowest BCUT2D eigenvalue weighted by Gasteiger charge is -2.11. The number of carbonyl (C=O) groups is 1. The minimum Gasteiger partial charge on any atom is -0.300 e. The summed E-state index contributed by atoms with van der Waals surface area (Å²) >= 11 is 12.4. The maximum atomic E-state index is 11.3. The number of Topliss-reactive ketones (excluding diaryl/α,β-unsaturated/α-hetero) is 1. The molecule has 2 rings (SSSR count). The first-order valence-corrected chi connectivity index (χ1v) is 6.82. The molecule has 0 saturated carbocycles. The van der Waals surface area contributed by atoms with E-state index in [1.807, 2.05) is 42.5 Å². The maximum absolute atomic E-state index is 11.3. The largest absolute Gasteiger partial charge is 0.300 e. The summed E-state index contributed by atoms with van der Waals surface area (Å²) < 4.78 is 0. The van der Waals surface area contributed by atoms with Gasteiger partial charge in [0.05, 0.1) is 0 Å². The summed E-state index contributed by atoms with van der Waals surface area (Å²) in [6.07, 6.45) is 1.08. The second-order valence-electron chi connectivity index (χ2n) is 4.52. The van der Waals surface area contributed by atoms with Crippen molar-refractivity contribution in [2.24, 2.45) is 0 Å². The summed E-state index contributed by atoms with van der Waals surface area (Å²) in [4.78, 5) is 11.3. The van der Waals surface area contributed by atoms with Crippen molar-refractivity contribution < 1.29 is 4.79 Å². The molecule has 0 heterocycles. The van der Waals surface area contributed by atoms with E-state index in [1.165, 1.54) is 0 Å². The first-order chi connectivity index (χ1) is 9.08. The molecule has 2 aromatic rings. The Morgan fingerprint density at radius 3 is 2.11 bits per heavy atom. The van der Waals surface area contributed by atoms with Crippen LogP contribution in [0.25, 0.3) is 0 Å². The van der Waals surface area contributed by atoms with Crippen molar-refractivity contribution in [3.63, 3.8) is 0 Å². The van der Waals surface area contributed by atoms with Crippen LogP contribution in [0.5, 0.6) is 0 Å². The van der Waals surface area contributed by atoms with Gasteiger partial charge in [0, 0.05) is 22.9 Å². The molecule has 0 unspecified atom stereocenters. The molecule has 98 valence electrons. The van der Waals surface area contributed by atoms with Crippen LogP contribution in [0.15, 0.2) is 42.5 Å². The van der Waals surface area contributed by atoms with Crippen molar-refractivity contribution in [2.75, 3.05) is 0 Å². The third kappa shape index (κ3) is 3.59. The molecule has 0 amide bonds. The molecule has 3 heteroatoms. The highest BCUT2D eigenvalue weighted by Crippen LogP contribution is 2.28. The van der Waals surface area contributed by atoms with E-state index in [1.54, 1.807) is 6.92 Å². The van der Waals surface area contributed by atoms with Gasteiger partial charge < -0.3 is 0 Å². The van der Waals surface area contributed by atoms with Crippen LogP contribution in [0.2, 0.25) is 10.0 Å². The molecule has 0 atom stereocenters. The van der Waals surface area contributed by atoms with Gasteiger partial charge in [0.15, 0.2) is 0 Å². The molecule has 0 aliphatic rings. The van der Waals surface area contributed by atoms with Gasteiger partial charge in [-0.3, -0.25) is 4.79 Å². The maximum Gasteiger partial charge on any atom is 0.134 e. The van der Waals surface area contributed by atoms with Crippen molar-refractivity contribution in [1.82, 2.24) is 0 Å². The summed E-state index contributed by atoms with van der Waals surface area (Å²) in [6, 6.07) is 13.4. The highest BCUT2D eigenvalue weighted by atomic mass is 35.5. The SMILES string of the molecule is CC(=O)Cc1ccccc1Cc1c(Cl)cccc1Cl. The van der Waals surface area contributed by atoms with Crippen LogP contribution >= 0.6 is 23.2 Å². The van der Waals surface area contributed by atoms with Gasteiger partial charge in [-0.25, -0.2) is 0 Å². The first-order valence-electron chi connectivity index (χ1n) is 6.07. The molecule has 0 aromatic heterocycles. The Bertz CT molecular complexity index is 585. The minimum atomic E-state index is 0.151. The molecular weight excluding hydrogens is 279 g/mol. The molecule has 1 nitrogen and oxygen atoms in total. The van der Waals surface area contributed by atoms with Gasteiger partial charge in [-0.05, 0) is 35.7 Å². The average Bonchev–Trinajstić information content (AvgIpc) is 2.35. The molecule has 19 heavy (non-hydrogen) atoms. The average molecular weight is 293 g/mol. The van der Waals surface area contributed by atoms with Gasteiger partial charge in [-0.1, -0.05) is 53.5 Å². The fourth-order valence-corrected chi connectivity index (χ4v) is 2.59. The molecule has 0 saturated heterocycles. The fourth-order valence-electron chi connectivity index (χ4n) is 2.06. The smallest absolute Gasteiger partial charge is 0.134 e. The van der Waals surface area contributed by atoms with E-state index in [9.17, 15) is 4.79 Å². The lowest BCUT2D eigenvalue weighted by Crippen LogP contribution is -2.02. The Morgan fingerprint density at radius 1 is 0.947 bits per heavy atom. The molecule has 2 aromatic carbocycles. The quantitative estimate of drug-likeness (QED) is 0.797. The van der Waals surface area contributed by atoms with E-state index >= 15 is 0 Å². The third-order valence-electron chi connectivity index (χ3n) is 2.99. The zero-order valence-corrected chi connectivity index (χ0v) is 12.1. The highest BCUT2D eigenvalue weighted by molar-refractivity contribution is 6.36. The summed E-state index contributed by atoms with van der Waals surface area (Å²) in [6.45, 7) is 1.60. The Morgan fingerprint density at radius 2 is 1.53 bits per heavy atom. The number of halogens is 2. The van der Waals surface area contributed by atoms with Crippen molar-refractivity contribution >= 4 is 29.0 Å². The van der Waals surface area contributed by atoms with Crippen LogP contribution in [0.3, 0.4) is 0 Å². The Balaban J connectivity index is 2.36. The molecule has 0 radical (unpaired) electrons. The van der Waals surface area contributed by atoms with Crippen LogP contribution in [0.4, 0.5) is 0 Å². The highest BCUT2D eigenvalue weighted by Gasteiger charge is 2.10. The van der Waals surface area contributed by atoms with E-state index in [4.69, 9.17) is 23.2 Å². The number of hydrogen-bond acceptors (Lipinski definition) is 1. The van der Waals surface area contributed by atoms with Gasteiger partial charge in [0.2, 0.25) is 0 Å². The number of benzene rings is 2. The molecule has 0 aliphatic carbocycles. The Hall–Kier alpha value is -1.31. The zero-order valence-electron chi connectivity index (χ0n) is 10.6. The van der Waals surface area contributed by atoms with Gasteiger partial charge in [-0.2, -0.15) is 0 Å². The van der Waals surface area contributed by atoms with Crippen molar-refractivity contribution in [3.8, 4) is 0 Å². The van der Waals surface area contributed by atoms with Gasteiger partial charge in [0.25, 0.3) is 0 Å². The second-order valence-corrected chi connectivity index (χ2v) is 5.34. The van der Waals surface area contributed by atoms with E-state index in [0.717, 1.165) is 16.7 Å². The first kappa shape index (κ1) is 14.1. The van der Waals surface area contributed by atoms with Crippen LogP contribution in [0, 0.1) is 0 Å². The monoisotopic (exact) mass is 292 g/mol. The molecule has 0 aliphatic heterocycles. The van der Waals surface area contributed by atoms with Crippen LogP contribution in [-0.4, -0.2) is 5.78 Å². The third-order valence-corrected chi connectivity index (χ3v) is 3.69. The van der Waals surface area contributed by atoms with Crippen molar-refractivity contribution in [3.05, 3.63) is 69.2 Å². The molecule has 0 bridgehead atoms. The van der Waals surface area contributed by atoms with Crippen molar-refractivity contribution in [2.45, 2.75) is 19.8 Å². The van der Waals surface area contributed by atoms with Gasteiger partial charge in [0.1, 0.15) is 5.78 Å². The summed E-state index contributed by atoms with van der Waals surface area (Å²) in [5.74, 6) is 0.151. The normalized spacial score (nSPS) is 10.5. The van der Waals surface area contributed by atoms with Crippen LogP contribution < -0.4 is 0 Å². The minimum absolute atomic E-state index is 0.151. The van der Waals surface area contributed by atoms with Crippen LogP contribution in [0.1, 0.15) is 23.6 Å². The zero-order chi connectivity index (χ0) is 13.8. The van der Waals surface area contributed by atoms with Crippen molar-refractivity contribution in [1.29, 1.82) is 0 Å². The number of ketones is 1. The number of rotatable bonds is 4. The van der Waals surface area contributed by atoms with Crippen LogP contribution in [-0.2, 0) is 17.6 Å². The van der Waals surface area contributed by atoms with E-state index in [2.05, 4.69) is 0 Å². The summed E-state index contributed by atoms with van der Waals surface area (Å²) in [5, 5.41) is 1.32. The number of carbonyl (C=O) groups excluding carboxylic acids is 1. The summed E-state index contributed by atoms with van der Waals surface area (Å²) in [7, 11) is 0. The lowest BCUT2D eigenvalue weighted by molar-refractivity contribution is -0.116. The van der Waals surface area contributed by atoms with E-state index in [0.29, 0.717) is 22.9 Å². The molecule has 0 N–H and O–H groups in total. The molecule has 0 fully saturated rings. The predicted octanol–water partition coefficient (Wildman–Crippen LogP) is 4.72. The molecule has 0 spiro atoms. The van der Waals surface area contributed by atoms with Gasteiger partial charge in [-0.15, -0.1) is 0 Å². The Kier molecular flexibility index (Phi) is 4.62. The topological polar surface area (TPSA) is 17.1 Å². The lowest BCUT2D eigenvalue weighted by atomic mass is 9.97. The standard InChI is InChI=1S/C16H14Cl2O/c1-11(19)9-12-5-2-3-6-13(12)10-14-15(17)7-4-8-16(14)18/h2-8H,9-10H2,1H3. The van der Waals surface area contributed by atoms with Gasteiger partial charge >= 0.3 is 0 Å². The van der Waals surface area contributed by atoms with E-state index < -0.39 is 0 Å². The predicted molar refractivity (Wildman–Crippen MR) is 80.1 cm³/mol. The Labute approximate surface area is 123 Å². The fraction of sp³-hybridized carbons (Fsp3) is 0.188.